The molecule has 3 aromatic rings. The molecule has 1 fully saturated rings. The molecule has 0 N–H and O–H groups in total. The number of halogens is 2. The van der Waals surface area contributed by atoms with Crippen molar-refractivity contribution in [3.05, 3.63) is 70.2 Å². The van der Waals surface area contributed by atoms with Crippen molar-refractivity contribution in [1.82, 2.24) is 9.88 Å². The molecule has 5 nitrogen and oxygen atoms in total. The molecule has 0 unspecified atom stereocenters. The highest BCUT2D eigenvalue weighted by molar-refractivity contribution is 6.36. The summed E-state index contributed by atoms with van der Waals surface area (Å²) in [6, 6.07) is 13.7. The summed E-state index contributed by atoms with van der Waals surface area (Å²) in [5, 5.41) is 1.07. The van der Waals surface area contributed by atoms with Crippen LogP contribution in [0.4, 0.5) is 5.69 Å². The molecule has 1 aromatic heterocycles. The lowest BCUT2D eigenvalue weighted by Crippen LogP contribution is -2.48. The third kappa shape index (κ3) is 4.79. The van der Waals surface area contributed by atoms with Gasteiger partial charge in [0.05, 0.1) is 11.2 Å². The SMILES string of the molecule is Cc1cccc(N2CCN(C(=O)CCc3ncc(-c4ccc(Cl)cc4Cl)o3)CC2)c1. The van der Waals surface area contributed by atoms with Crippen LogP contribution in [0.1, 0.15) is 17.9 Å². The fraction of sp³-hybridized carbons (Fsp3) is 0.304. The number of amides is 1. The minimum Gasteiger partial charge on any atom is -0.441 e. The molecule has 0 aliphatic carbocycles. The third-order valence-electron chi connectivity index (χ3n) is 5.30. The van der Waals surface area contributed by atoms with Crippen LogP contribution >= 0.6 is 23.2 Å². The number of piperazine rings is 1. The van der Waals surface area contributed by atoms with E-state index < -0.39 is 0 Å². The zero-order valence-electron chi connectivity index (χ0n) is 16.8. The van der Waals surface area contributed by atoms with Gasteiger partial charge in [-0.2, -0.15) is 0 Å². The molecular formula is C23H23Cl2N3O2. The Bertz CT molecular complexity index is 1040. The first kappa shape index (κ1) is 20.8. The summed E-state index contributed by atoms with van der Waals surface area (Å²) in [4.78, 5) is 21.2. The maximum Gasteiger partial charge on any atom is 0.223 e. The fourth-order valence-electron chi connectivity index (χ4n) is 3.65. The number of oxazole rings is 1. The van der Waals surface area contributed by atoms with Crippen LogP contribution in [0.5, 0.6) is 0 Å². The molecule has 1 amide bonds. The van der Waals surface area contributed by atoms with Gasteiger partial charge in [0.25, 0.3) is 0 Å². The van der Waals surface area contributed by atoms with E-state index in [4.69, 9.17) is 27.6 Å². The van der Waals surface area contributed by atoms with E-state index in [1.54, 1.807) is 24.4 Å². The van der Waals surface area contributed by atoms with Crippen molar-refractivity contribution in [1.29, 1.82) is 0 Å². The van der Waals surface area contributed by atoms with Crippen molar-refractivity contribution >= 4 is 34.8 Å². The third-order valence-corrected chi connectivity index (χ3v) is 5.85. The molecule has 1 aliphatic rings. The highest BCUT2D eigenvalue weighted by atomic mass is 35.5. The Kier molecular flexibility index (Phi) is 6.30. The summed E-state index contributed by atoms with van der Waals surface area (Å²) < 4.78 is 5.80. The second-order valence-corrected chi connectivity index (χ2v) is 8.29. The van der Waals surface area contributed by atoms with E-state index in [-0.39, 0.29) is 5.91 Å². The molecule has 0 spiro atoms. The van der Waals surface area contributed by atoms with Crippen LogP contribution in [0.25, 0.3) is 11.3 Å². The standard InChI is InChI=1S/C23H23Cl2N3O2/c1-16-3-2-4-18(13-16)27-9-11-28(12-10-27)23(29)8-7-22-26-15-21(30-22)19-6-5-17(24)14-20(19)25/h2-6,13-15H,7-12H2,1H3. The van der Waals surface area contributed by atoms with Gasteiger partial charge in [0.2, 0.25) is 5.91 Å². The Morgan fingerprint density at radius 3 is 2.63 bits per heavy atom. The van der Waals surface area contributed by atoms with E-state index in [0.29, 0.717) is 34.5 Å². The van der Waals surface area contributed by atoms with E-state index in [9.17, 15) is 4.79 Å². The number of rotatable bonds is 5. The van der Waals surface area contributed by atoms with Gasteiger partial charge in [-0.25, -0.2) is 4.98 Å². The van der Waals surface area contributed by atoms with Crippen LogP contribution in [0.15, 0.2) is 53.1 Å². The van der Waals surface area contributed by atoms with E-state index in [0.717, 1.165) is 31.7 Å². The summed E-state index contributed by atoms with van der Waals surface area (Å²) in [5.74, 6) is 1.23. The average molecular weight is 444 g/mol. The van der Waals surface area contributed by atoms with Gasteiger partial charge in [-0.3, -0.25) is 4.79 Å². The van der Waals surface area contributed by atoms with Crippen molar-refractivity contribution in [2.24, 2.45) is 0 Å². The predicted octanol–water partition coefficient (Wildman–Crippen LogP) is 5.24. The summed E-state index contributed by atoms with van der Waals surface area (Å²) >= 11 is 12.2. The first-order valence-corrected chi connectivity index (χ1v) is 10.7. The van der Waals surface area contributed by atoms with Gasteiger partial charge in [-0.15, -0.1) is 0 Å². The first-order valence-electron chi connectivity index (χ1n) is 9.99. The quantitative estimate of drug-likeness (QED) is 0.540. The normalized spacial score (nSPS) is 14.2. The molecule has 0 bridgehead atoms. The number of carbonyl (C=O) groups is 1. The smallest absolute Gasteiger partial charge is 0.223 e. The van der Waals surface area contributed by atoms with Gasteiger partial charge in [0.15, 0.2) is 11.7 Å². The predicted molar refractivity (Wildman–Crippen MR) is 120 cm³/mol. The van der Waals surface area contributed by atoms with Gasteiger partial charge in [0.1, 0.15) is 0 Å². The minimum absolute atomic E-state index is 0.128. The lowest BCUT2D eigenvalue weighted by Gasteiger charge is -2.36. The first-order chi connectivity index (χ1) is 14.5. The Morgan fingerprint density at radius 2 is 1.90 bits per heavy atom. The van der Waals surface area contributed by atoms with Crippen LogP contribution in [0.2, 0.25) is 10.0 Å². The Morgan fingerprint density at radius 1 is 1.10 bits per heavy atom. The van der Waals surface area contributed by atoms with E-state index in [2.05, 4.69) is 41.1 Å². The number of benzene rings is 2. The largest absolute Gasteiger partial charge is 0.441 e. The Hall–Kier alpha value is -2.50. The van der Waals surface area contributed by atoms with Crippen molar-refractivity contribution in [2.45, 2.75) is 19.8 Å². The van der Waals surface area contributed by atoms with Crippen molar-refractivity contribution in [2.75, 3.05) is 31.1 Å². The highest BCUT2D eigenvalue weighted by Gasteiger charge is 2.22. The summed E-state index contributed by atoms with van der Waals surface area (Å²) in [7, 11) is 0. The molecule has 30 heavy (non-hydrogen) atoms. The van der Waals surface area contributed by atoms with Crippen molar-refractivity contribution in [3.8, 4) is 11.3 Å². The van der Waals surface area contributed by atoms with E-state index >= 15 is 0 Å². The monoisotopic (exact) mass is 443 g/mol. The molecule has 1 saturated heterocycles. The van der Waals surface area contributed by atoms with Crippen molar-refractivity contribution in [3.63, 3.8) is 0 Å². The number of hydrogen-bond donors (Lipinski definition) is 0. The second-order valence-electron chi connectivity index (χ2n) is 7.45. The number of aryl methyl sites for hydroxylation is 2. The summed E-state index contributed by atoms with van der Waals surface area (Å²) in [6.07, 6.45) is 2.47. The molecule has 156 valence electrons. The fourth-order valence-corrected chi connectivity index (χ4v) is 4.15. The Labute approximate surface area is 186 Å². The number of aromatic nitrogens is 1. The molecule has 2 aromatic carbocycles. The lowest BCUT2D eigenvalue weighted by molar-refractivity contribution is -0.131. The Balaban J connectivity index is 1.30. The number of nitrogens with zero attached hydrogens (tertiary/aromatic N) is 3. The zero-order valence-corrected chi connectivity index (χ0v) is 18.3. The molecule has 7 heteroatoms. The summed E-state index contributed by atoms with van der Waals surface area (Å²) in [6.45, 7) is 5.23. The van der Waals surface area contributed by atoms with Crippen molar-refractivity contribution < 1.29 is 9.21 Å². The topological polar surface area (TPSA) is 49.6 Å². The van der Waals surface area contributed by atoms with E-state index in [1.165, 1.54) is 11.3 Å². The highest BCUT2D eigenvalue weighted by Crippen LogP contribution is 2.31. The van der Waals surface area contributed by atoms with Crippen LogP contribution in [-0.2, 0) is 11.2 Å². The van der Waals surface area contributed by atoms with Crippen LogP contribution in [0.3, 0.4) is 0 Å². The molecule has 0 atom stereocenters. The molecule has 4 rings (SSSR count). The number of anilines is 1. The molecule has 0 saturated carbocycles. The summed E-state index contributed by atoms with van der Waals surface area (Å²) in [5.41, 5.74) is 3.20. The zero-order chi connectivity index (χ0) is 21.1. The van der Waals surface area contributed by atoms with E-state index in [1.807, 2.05) is 4.90 Å². The molecule has 2 heterocycles. The van der Waals surface area contributed by atoms with Crippen LogP contribution < -0.4 is 4.90 Å². The van der Waals surface area contributed by atoms with Gasteiger partial charge in [-0.1, -0.05) is 35.3 Å². The van der Waals surface area contributed by atoms with Gasteiger partial charge < -0.3 is 14.2 Å². The average Bonchev–Trinajstić information content (AvgIpc) is 3.21. The molecule has 0 radical (unpaired) electrons. The van der Waals surface area contributed by atoms with Crippen LogP contribution in [0, 0.1) is 6.92 Å². The second kappa shape index (κ2) is 9.11. The van der Waals surface area contributed by atoms with Crippen LogP contribution in [-0.4, -0.2) is 42.0 Å². The van der Waals surface area contributed by atoms with Gasteiger partial charge >= 0.3 is 0 Å². The maximum absolute atomic E-state index is 12.6. The van der Waals surface area contributed by atoms with Gasteiger partial charge in [-0.05, 0) is 42.8 Å². The lowest BCUT2D eigenvalue weighted by atomic mass is 10.2. The number of carbonyl (C=O) groups excluding carboxylic acids is 1. The van der Waals surface area contributed by atoms with Gasteiger partial charge in [0, 0.05) is 55.3 Å². The maximum atomic E-state index is 12.6. The molecular weight excluding hydrogens is 421 g/mol. The minimum atomic E-state index is 0.128. The number of hydrogen-bond acceptors (Lipinski definition) is 4. The molecule has 1 aliphatic heterocycles.